The third-order valence-corrected chi connectivity index (χ3v) is 2.25. The van der Waals surface area contributed by atoms with Gasteiger partial charge in [-0.3, -0.25) is 0 Å². The smallest absolute Gasteiger partial charge is 0.319 e. The summed E-state index contributed by atoms with van der Waals surface area (Å²) >= 11 is 0. The van der Waals surface area contributed by atoms with Crippen LogP contribution >= 0.6 is 0 Å². The van der Waals surface area contributed by atoms with Crippen LogP contribution < -0.4 is 10.6 Å². The van der Waals surface area contributed by atoms with E-state index < -0.39 is 0 Å². The van der Waals surface area contributed by atoms with Crippen LogP contribution in [0.15, 0.2) is 28.8 Å². The summed E-state index contributed by atoms with van der Waals surface area (Å²) in [4.78, 5) is 15.6. The van der Waals surface area contributed by atoms with E-state index in [9.17, 15) is 4.79 Å². The first-order valence-electron chi connectivity index (χ1n) is 5.54. The number of aromatic nitrogens is 2. The molecule has 1 aromatic carbocycles. The molecule has 0 aliphatic rings. The largest absolute Gasteiger partial charge is 0.337 e. The Morgan fingerprint density at radius 2 is 2.22 bits per heavy atom. The number of hydrogen-bond acceptors (Lipinski definition) is 4. The van der Waals surface area contributed by atoms with Gasteiger partial charge in [0.1, 0.15) is 0 Å². The number of carbonyl (C=O) groups is 1. The topological polar surface area (TPSA) is 80.0 Å². The van der Waals surface area contributed by atoms with E-state index in [1.165, 1.54) is 0 Å². The van der Waals surface area contributed by atoms with Gasteiger partial charge >= 0.3 is 6.03 Å². The number of rotatable bonds is 3. The van der Waals surface area contributed by atoms with Crippen LogP contribution in [-0.4, -0.2) is 16.2 Å². The SMILES string of the molecule is Cc1cccc(NC(=O)NCc2nc(C)no2)c1. The Bertz CT molecular complexity index is 551. The quantitative estimate of drug-likeness (QED) is 0.868. The predicted molar refractivity (Wildman–Crippen MR) is 66.1 cm³/mol. The third kappa shape index (κ3) is 3.31. The number of nitrogens with one attached hydrogen (secondary N) is 2. The van der Waals surface area contributed by atoms with Crippen LogP contribution in [0, 0.1) is 13.8 Å². The van der Waals surface area contributed by atoms with Crippen LogP contribution in [0.1, 0.15) is 17.3 Å². The van der Waals surface area contributed by atoms with E-state index in [0.717, 1.165) is 11.3 Å². The number of benzene rings is 1. The van der Waals surface area contributed by atoms with E-state index in [1.807, 2.05) is 31.2 Å². The van der Waals surface area contributed by atoms with E-state index in [1.54, 1.807) is 6.92 Å². The summed E-state index contributed by atoms with van der Waals surface area (Å²) in [5.41, 5.74) is 1.83. The fourth-order valence-corrected chi connectivity index (χ4v) is 1.47. The maximum absolute atomic E-state index is 11.6. The van der Waals surface area contributed by atoms with Crippen LogP contribution in [0.4, 0.5) is 10.5 Å². The summed E-state index contributed by atoms with van der Waals surface area (Å²) in [6.07, 6.45) is 0. The molecule has 0 saturated carbocycles. The lowest BCUT2D eigenvalue weighted by Gasteiger charge is -2.06. The predicted octanol–water partition coefficient (Wildman–Crippen LogP) is 2.01. The molecule has 0 bridgehead atoms. The van der Waals surface area contributed by atoms with Gasteiger partial charge in [0.15, 0.2) is 5.82 Å². The number of anilines is 1. The minimum absolute atomic E-state index is 0.207. The Hall–Kier alpha value is -2.37. The zero-order valence-electron chi connectivity index (χ0n) is 10.2. The first-order valence-corrected chi connectivity index (χ1v) is 5.54. The van der Waals surface area contributed by atoms with E-state index in [2.05, 4.69) is 20.8 Å². The molecule has 0 aliphatic carbocycles. The van der Waals surface area contributed by atoms with Gasteiger partial charge in [-0.15, -0.1) is 0 Å². The highest BCUT2D eigenvalue weighted by Gasteiger charge is 2.05. The highest BCUT2D eigenvalue weighted by Crippen LogP contribution is 2.09. The Kier molecular flexibility index (Phi) is 3.57. The van der Waals surface area contributed by atoms with Gasteiger partial charge in [0.25, 0.3) is 0 Å². The van der Waals surface area contributed by atoms with E-state index >= 15 is 0 Å². The van der Waals surface area contributed by atoms with Gasteiger partial charge in [-0.2, -0.15) is 4.98 Å². The molecule has 0 atom stereocenters. The molecule has 94 valence electrons. The Balaban J connectivity index is 1.85. The van der Waals surface area contributed by atoms with E-state index in [-0.39, 0.29) is 12.6 Å². The molecular formula is C12H14N4O2. The molecular weight excluding hydrogens is 232 g/mol. The van der Waals surface area contributed by atoms with Gasteiger partial charge in [0.05, 0.1) is 6.54 Å². The second-order valence-corrected chi connectivity index (χ2v) is 3.91. The lowest BCUT2D eigenvalue weighted by Crippen LogP contribution is -2.28. The highest BCUT2D eigenvalue weighted by atomic mass is 16.5. The van der Waals surface area contributed by atoms with Gasteiger partial charge in [-0.1, -0.05) is 17.3 Å². The van der Waals surface area contributed by atoms with Gasteiger partial charge in [0, 0.05) is 5.69 Å². The molecule has 0 radical (unpaired) electrons. The Labute approximate surface area is 104 Å². The maximum atomic E-state index is 11.6. The second kappa shape index (κ2) is 5.31. The van der Waals surface area contributed by atoms with Crippen molar-refractivity contribution in [3.63, 3.8) is 0 Å². The van der Waals surface area contributed by atoms with Crippen molar-refractivity contribution in [3.05, 3.63) is 41.5 Å². The van der Waals surface area contributed by atoms with Crippen LogP contribution in [0.5, 0.6) is 0 Å². The summed E-state index contributed by atoms with van der Waals surface area (Å²) in [7, 11) is 0. The standard InChI is InChI=1S/C12H14N4O2/c1-8-4-3-5-10(6-8)15-12(17)13-7-11-14-9(2)16-18-11/h3-6H,7H2,1-2H3,(H2,13,15,17). The van der Waals surface area contributed by atoms with Crippen molar-refractivity contribution in [1.29, 1.82) is 0 Å². The molecule has 6 nitrogen and oxygen atoms in total. The van der Waals surface area contributed by atoms with Crippen molar-refractivity contribution >= 4 is 11.7 Å². The van der Waals surface area contributed by atoms with Crippen molar-refractivity contribution < 1.29 is 9.32 Å². The molecule has 2 aromatic rings. The summed E-state index contributed by atoms with van der Waals surface area (Å²) in [5.74, 6) is 0.929. The van der Waals surface area contributed by atoms with Gasteiger partial charge in [0.2, 0.25) is 5.89 Å². The normalized spacial score (nSPS) is 10.1. The minimum Gasteiger partial charge on any atom is -0.337 e. The lowest BCUT2D eigenvalue weighted by molar-refractivity contribution is 0.249. The molecule has 2 rings (SSSR count). The first kappa shape index (κ1) is 12.1. The molecule has 0 unspecified atom stereocenters. The summed E-state index contributed by atoms with van der Waals surface area (Å²) in [6.45, 7) is 3.89. The molecule has 1 aromatic heterocycles. The highest BCUT2D eigenvalue weighted by molar-refractivity contribution is 5.89. The molecule has 2 N–H and O–H groups in total. The lowest BCUT2D eigenvalue weighted by atomic mass is 10.2. The summed E-state index contributed by atoms with van der Waals surface area (Å²) < 4.78 is 4.88. The maximum Gasteiger partial charge on any atom is 0.319 e. The van der Waals surface area contributed by atoms with E-state index in [4.69, 9.17) is 4.52 Å². The monoisotopic (exact) mass is 246 g/mol. The molecule has 18 heavy (non-hydrogen) atoms. The number of urea groups is 1. The van der Waals surface area contributed by atoms with Gasteiger partial charge < -0.3 is 15.2 Å². The first-order chi connectivity index (χ1) is 8.63. The number of hydrogen-bond donors (Lipinski definition) is 2. The molecule has 0 aliphatic heterocycles. The van der Waals surface area contributed by atoms with Gasteiger partial charge in [-0.05, 0) is 31.5 Å². The number of amides is 2. The molecule has 6 heteroatoms. The summed E-state index contributed by atoms with van der Waals surface area (Å²) in [5, 5.41) is 8.99. The van der Waals surface area contributed by atoms with Crippen molar-refractivity contribution in [1.82, 2.24) is 15.5 Å². The van der Waals surface area contributed by atoms with Crippen molar-refractivity contribution in [3.8, 4) is 0 Å². The van der Waals surface area contributed by atoms with Crippen LogP contribution in [-0.2, 0) is 6.54 Å². The average Bonchev–Trinajstić information content (AvgIpc) is 2.73. The van der Waals surface area contributed by atoms with Crippen LogP contribution in [0.3, 0.4) is 0 Å². The van der Waals surface area contributed by atoms with Crippen molar-refractivity contribution in [2.45, 2.75) is 20.4 Å². The third-order valence-electron chi connectivity index (χ3n) is 2.25. The zero-order valence-corrected chi connectivity index (χ0v) is 10.2. The van der Waals surface area contributed by atoms with E-state index in [0.29, 0.717) is 11.7 Å². The zero-order chi connectivity index (χ0) is 13.0. The van der Waals surface area contributed by atoms with Crippen LogP contribution in [0.25, 0.3) is 0 Å². The Morgan fingerprint density at radius 3 is 2.89 bits per heavy atom. The number of aryl methyl sites for hydroxylation is 2. The minimum atomic E-state index is -0.309. The molecule has 0 spiro atoms. The summed E-state index contributed by atoms with van der Waals surface area (Å²) in [6, 6.07) is 7.24. The van der Waals surface area contributed by atoms with Crippen molar-refractivity contribution in [2.75, 3.05) is 5.32 Å². The Morgan fingerprint density at radius 1 is 1.39 bits per heavy atom. The fraction of sp³-hybridized carbons (Fsp3) is 0.250. The van der Waals surface area contributed by atoms with Crippen LogP contribution in [0.2, 0.25) is 0 Å². The molecule has 2 amide bonds. The molecule has 0 saturated heterocycles. The second-order valence-electron chi connectivity index (χ2n) is 3.91. The molecule has 0 fully saturated rings. The number of nitrogens with zero attached hydrogens (tertiary/aromatic N) is 2. The number of carbonyl (C=O) groups excluding carboxylic acids is 1. The average molecular weight is 246 g/mol. The fourth-order valence-electron chi connectivity index (χ4n) is 1.47. The molecule has 1 heterocycles. The van der Waals surface area contributed by atoms with Gasteiger partial charge in [-0.25, -0.2) is 4.79 Å². The van der Waals surface area contributed by atoms with Crippen molar-refractivity contribution in [2.24, 2.45) is 0 Å².